The van der Waals surface area contributed by atoms with Crippen LogP contribution in [0.3, 0.4) is 0 Å². The van der Waals surface area contributed by atoms with E-state index in [4.69, 9.17) is 23.2 Å². The number of hydrogen-bond acceptors (Lipinski definition) is 2. The molecule has 4 nitrogen and oxygen atoms in total. The van der Waals surface area contributed by atoms with E-state index in [1.54, 1.807) is 12.1 Å². The van der Waals surface area contributed by atoms with Crippen LogP contribution in [0.1, 0.15) is 53.5 Å². The van der Waals surface area contributed by atoms with Crippen molar-refractivity contribution >= 4 is 29.1 Å². The number of carbonyl (C=O) groups is 1. The van der Waals surface area contributed by atoms with Crippen molar-refractivity contribution < 1.29 is 31.1 Å². The van der Waals surface area contributed by atoms with Crippen molar-refractivity contribution in [2.45, 2.75) is 52.4 Å². The van der Waals surface area contributed by atoms with Gasteiger partial charge in [0.15, 0.2) is 17.3 Å². The first-order chi connectivity index (χ1) is 17.0. The molecule has 1 amide bonds. The molecule has 1 aromatic heterocycles. The lowest BCUT2D eigenvalue weighted by Gasteiger charge is -2.25. The summed E-state index contributed by atoms with van der Waals surface area (Å²) in [5.41, 5.74) is -1.58. The Morgan fingerprint density at radius 1 is 1.00 bits per heavy atom. The lowest BCUT2D eigenvalue weighted by atomic mass is 9.87. The molecule has 3 aromatic rings. The number of hydrogen-bond donors (Lipinski definition) is 0. The Balaban J connectivity index is 1.98. The highest BCUT2D eigenvalue weighted by Crippen LogP contribution is 2.33. The number of rotatable bonds is 6. The summed E-state index contributed by atoms with van der Waals surface area (Å²) in [5.74, 6) is -5.47. The van der Waals surface area contributed by atoms with Crippen molar-refractivity contribution in [3.05, 3.63) is 85.9 Å². The standard InChI is InChI=1S/C25H23Cl2F6N3O/c1-13-19(28)17(21(30)18(27)20(13)29)23(37)35(11-14-5-7-15(8-6-14)24(2,3)4)9-10-36-12-16(26)22(34-36)25(31,32)33/h5-8,12H,9-11H2,1-4H3. The average molecular weight is 566 g/mol. The van der Waals surface area contributed by atoms with Crippen LogP contribution in [-0.2, 0) is 24.7 Å². The van der Waals surface area contributed by atoms with Gasteiger partial charge in [-0.1, -0.05) is 68.2 Å². The molecule has 0 fully saturated rings. The fourth-order valence-corrected chi connectivity index (χ4v) is 4.10. The van der Waals surface area contributed by atoms with Crippen LogP contribution in [0.4, 0.5) is 26.3 Å². The van der Waals surface area contributed by atoms with Gasteiger partial charge in [0, 0.05) is 24.8 Å². The molecule has 0 bridgehead atoms. The van der Waals surface area contributed by atoms with Gasteiger partial charge in [-0.15, -0.1) is 0 Å². The maximum atomic E-state index is 14.8. The van der Waals surface area contributed by atoms with Gasteiger partial charge in [0.05, 0.1) is 11.6 Å². The van der Waals surface area contributed by atoms with Gasteiger partial charge in [0.1, 0.15) is 16.4 Å². The molecular formula is C25H23Cl2F6N3O. The summed E-state index contributed by atoms with van der Waals surface area (Å²) in [7, 11) is 0. The minimum absolute atomic E-state index is 0.155. The van der Waals surface area contributed by atoms with E-state index in [0.717, 1.165) is 28.3 Å². The second kappa shape index (κ2) is 10.6. The van der Waals surface area contributed by atoms with E-state index in [1.165, 1.54) is 0 Å². The van der Waals surface area contributed by atoms with E-state index >= 15 is 0 Å². The SMILES string of the molecule is Cc1c(F)c(Cl)c(F)c(C(=O)N(CCn2cc(Cl)c(C(F)(F)F)n2)Cc2ccc(C(C)(C)C)cc2)c1F. The first-order valence-electron chi connectivity index (χ1n) is 11.0. The minimum atomic E-state index is -4.79. The Kier molecular flexibility index (Phi) is 8.24. The van der Waals surface area contributed by atoms with Crippen molar-refractivity contribution in [2.75, 3.05) is 6.54 Å². The number of carbonyl (C=O) groups excluding carboxylic acids is 1. The first kappa shape index (κ1) is 28.8. The molecule has 0 radical (unpaired) electrons. The Bertz CT molecular complexity index is 1280. The van der Waals surface area contributed by atoms with Gasteiger partial charge in [-0.2, -0.15) is 18.3 Å². The molecule has 0 atom stereocenters. The molecule has 37 heavy (non-hydrogen) atoms. The highest BCUT2D eigenvalue weighted by Gasteiger charge is 2.37. The number of alkyl halides is 3. The maximum absolute atomic E-state index is 14.8. The van der Waals surface area contributed by atoms with E-state index in [-0.39, 0.29) is 25.0 Å². The van der Waals surface area contributed by atoms with Gasteiger partial charge in [0.25, 0.3) is 5.91 Å². The van der Waals surface area contributed by atoms with Crippen molar-refractivity contribution in [3.8, 4) is 0 Å². The average Bonchev–Trinajstić information content (AvgIpc) is 3.20. The molecular weight excluding hydrogens is 543 g/mol. The molecule has 0 saturated heterocycles. The third-order valence-electron chi connectivity index (χ3n) is 5.76. The van der Waals surface area contributed by atoms with Gasteiger partial charge in [-0.25, -0.2) is 13.2 Å². The topological polar surface area (TPSA) is 38.1 Å². The zero-order valence-corrected chi connectivity index (χ0v) is 21.8. The first-order valence-corrected chi connectivity index (χ1v) is 11.8. The van der Waals surface area contributed by atoms with Crippen LogP contribution in [0, 0.1) is 24.4 Å². The van der Waals surface area contributed by atoms with Gasteiger partial charge < -0.3 is 4.90 Å². The summed E-state index contributed by atoms with van der Waals surface area (Å²) in [6, 6.07) is 7.12. The van der Waals surface area contributed by atoms with Crippen LogP contribution in [0.2, 0.25) is 10.0 Å². The highest BCUT2D eigenvalue weighted by atomic mass is 35.5. The smallest absolute Gasteiger partial charge is 0.332 e. The molecule has 12 heteroatoms. The fourth-order valence-electron chi connectivity index (χ4n) is 3.61. The van der Waals surface area contributed by atoms with Crippen LogP contribution in [0.5, 0.6) is 0 Å². The van der Waals surface area contributed by atoms with Crippen LogP contribution >= 0.6 is 23.2 Å². The summed E-state index contributed by atoms with van der Waals surface area (Å²) in [4.78, 5) is 14.3. The van der Waals surface area contributed by atoms with E-state index in [2.05, 4.69) is 5.10 Å². The quantitative estimate of drug-likeness (QED) is 0.175. The summed E-state index contributed by atoms with van der Waals surface area (Å²) >= 11 is 11.3. The molecule has 0 aliphatic carbocycles. The number of benzene rings is 2. The normalized spacial score (nSPS) is 12.2. The lowest BCUT2D eigenvalue weighted by molar-refractivity contribution is -0.141. The third-order valence-corrected chi connectivity index (χ3v) is 6.37. The van der Waals surface area contributed by atoms with E-state index in [9.17, 15) is 31.1 Å². The summed E-state index contributed by atoms with van der Waals surface area (Å²) < 4.78 is 83.7. The molecule has 200 valence electrons. The Morgan fingerprint density at radius 2 is 1.59 bits per heavy atom. The van der Waals surface area contributed by atoms with Crippen molar-refractivity contribution in [1.29, 1.82) is 0 Å². The Morgan fingerprint density at radius 3 is 2.11 bits per heavy atom. The molecule has 0 saturated carbocycles. The molecule has 0 spiro atoms. The molecule has 0 unspecified atom stereocenters. The molecule has 2 aromatic carbocycles. The Labute approximate surface area is 219 Å². The van der Waals surface area contributed by atoms with Gasteiger partial charge in [-0.3, -0.25) is 9.48 Å². The summed E-state index contributed by atoms with van der Waals surface area (Å²) in [6.07, 6.45) is -3.85. The monoisotopic (exact) mass is 565 g/mol. The second-order valence-electron chi connectivity index (χ2n) is 9.52. The second-order valence-corrected chi connectivity index (χ2v) is 10.3. The van der Waals surface area contributed by atoms with Crippen molar-refractivity contribution in [2.24, 2.45) is 0 Å². The largest absolute Gasteiger partial charge is 0.436 e. The van der Waals surface area contributed by atoms with Crippen LogP contribution < -0.4 is 0 Å². The van der Waals surface area contributed by atoms with Gasteiger partial charge in [0.2, 0.25) is 0 Å². The van der Waals surface area contributed by atoms with Gasteiger partial charge >= 0.3 is 6.18 Å². The molecule has 0 aliphatic heterocycles. The van der Waals surface area contributed by atoms with Gasteiger partial charge in [-0.05, 0) is 23.5 Å². The van der Waals surface area contributed by atoms with Crippen LogP contribution in [0.25, 0.3) is 0 Å². The summed E-state index contributed by atoms with van der Waals surface area (Å²) in [6.45, 7) is 6.29. The van der Waals surface area contributed by atoms with Crippen LogP contribution in [-0.4, -0.2) is 27.1 Å². The predicted molar refractivity (Wildman–Crippen MR) is 128 cm³/mol. The fraction of sp³-hybridized carbons (Fsp3) is 0.360. The van der Waals surface area contributed by atoms with Crippen LogP contribution in [0.15, 0.2) is 30.5 Å². The lowest BCUT2D eigenvalue weighted by Crippen LogP contribution is -2.35. The van der Waals surface area contributed by atoms with Crippen molar-refractivity contribution in [3.63, 3.8) is 0 Å². The molecule has 3 rings (SSSR count). The number of nitrogens with zero attached hydrogens (tertiary/aromatic N) is 3. The maximum Gasteiger partial charge on any atom is 0.436 e. The Hall–Kier alpha value is -2.72. The molecule has 0 N–H and O–H groups in total. The molecule has 0 aliphatic rings. The zero-order valence-electron chi connectivity index (χ0n) is 20.3. The van der Waals surface area contributed by atoms with E-state index in [0.29, 0.717) is 5.56 Å². The molecule has 1 heterocycles. The number of amides is 1. The van der Waals surface area contributed by atoms with E-state index in [1.807, 2.05) is 32.9 Å². The third kappa shape index (κ3) is 6.23. The number of aromatic nitrogens is 2. The minimum Gasteiger partial charge on any atom is -0.332 e. The summed E-state index contributed by atoms with van der Waals surface area (Å²) in [5, 5.41) is 1.73. The zero-order chi connectivity index (χ0) is 27.9. The van der Waals surface area contributed by atoms with E-state index < -0.39 is 56.4 Å². The van der Waals surface area contributed by atoms with Crippen molar-refractivity contribution in [1.82, 2.24) is 14.7 Å². The highest BCUT2D eigenvalue weighted by molar-refractivity contribution is 6.31. The number of halogens is 8. The predicted octanol–water partition coefficient (Wildman–Crippen LogP) is 7.57.